The molecule has 2 aromatic carbocycles. The van der Waals surface area contributed by atoms with Crippen molar-refractivity contribution in [1.82, 2.24) is 4.90 Å². The Labute approximate surface area is 186 Å². The van der Waals surface area contributed by atoms with Gasteiger partial charge in [-0.3, -0.25) is 9.59 Å². The second-order valence-electron chi connectivity index (χ2n) is 6.87. The van der Waals surface area contributed by atoms with E-state index >= 15 is 0 Å². The Bertz CT molecular complexity index is 953. The van der Waals surface area contributed by atoms with Crippen molar-refractivity contribution in [3.05, 3.63) is 58.1 Å². The quantitative estimate of drug-likeness (QED) is 0.693. The number of hydrogen-bond donors (Lipinski definition) is 1. The first-order chi connectivity index (χ1) is 14.4. The number of halogens is 2. The van der Waals surface area contributed by atoms with Crippen LogP contribution in [0, 0.1) is 0 Å². The highest BCUT2D eigenvalue weighted by atomic mass is 35.5. The van der Waals surface area contributed by atoms with Gasteiger partial charge in [0.1, 0.15) is 5.75 Å². The molecule has 0 aromatic heterocycles. The van der Waals surface area contributed by atoms with Gasteiger partial charge >= 0.3 is 0 Å². The van der Waals surface area contributed by atoms with E-state index in [0.717, 1.165) is 31.9 Å². The van der Waals surface area contributed by atoms with E-state index in [-0.39, 0.29) is 11.8 Å². The zero-order chi connectivity index (χ0) is 21.7. The lowest BCUT2D eigenvalue weighted by Gasteiger charge is -2.35. The molecule has 2 aromatic rings. The van der Waals surface area contributed by atoms with Gasteiger partial charge in [-0.25, -0.2) is 0 Å². The minimum absolute atomic E-state index is 0.110. The zero-order valence-corrected chi connectivity index (χ0v) is 18.3. The summed E-state index contributed by atoms with van der Waals surface area (Å²) >= 11 is 12.1. The van der Waals surface area contributed by atoms with E-state index in [1.165, 1.54) is 13.2 Å². The molecule has 6 nitrogen and oxygen atoms in total. The maximum atomic E-state index is 12.3. The van der Waals surface area contributed by atoms with Crippen molar-refractivity contribution < 1.29 is 14.3 Å². The van der Waals surface area contributed by atoms with Crippen molar-refractivity contribution in [2.45, 2.75) is 6.92 Å². The smallest absolute Gasteiger partial charge is 0.248 e. The number of carbonyl (C=O) groups excluding carboxylic acids is 2. The average molecular weight is 448 g/mol. The van der Waals surface area contributed by atoms with E-state index in [9.17, 15) is 9.59 Å². The molecule has 1 aliphatic heterocycles. The van der Waals surface area contributed by atoms with Gasteiger partial charge in [-0.2, -0.15) is 0 Å². The van der Waals surface area contributed by atoms with Crippen molar-refractivity contribution in [3.8, 4) is 5.75 Å². The highest BCUT2D eigenvalue weighted by Crippen LogP contribution is 2.33. The third-order valence-electron chi connectivity index (χ3n) is 4.88. The molecular weight excluding hydrogens is 425 g/mol. The molecule has 1 fully saturated rings. The molecule has 1 heterocycles. The molecule has 8 heteroatoms. The number of anilines is 2. The fraction of sp³-hybridized carbons (Fsp3) is 0.273. The van der Waals surface area contributed by atoms with Gasteiger partial charge in [0, 0.05) is 61.1 Å². The molecule has 1 N–H and O–H groups in total. The van der Waals surface area contributed by atoms with Crippen LogP contribution in [0.25, 0.3) is 6.08 Å². The molecule has 0 spiro atoms. The number of nitrogens with zero attached hydrogens (tertiary/aromatic N) is 2. The Morgan fingerprint density at radius 2 is 1.73 bits per heavy atom. The molecule has 0 atom stereocenters. The lowest BCUT2D eigenvalue weighted by atomic mass is 10.2. The summed E-state index contributed by atoms with van der Waals surface area (Å²) in [5, 5.41) is 3.67. The summed E-state index contributed by atoms with van der Waals surface area (Å²) in [6, 6.07) is 10.9. The van der Waals surface area contributed by atoms with Crippen LogP contribution >= 0.6 is 23.2 Å². The van der Waals surface area contributed by atoms with Crippen LogP contribution in [-0.4, -0.2) is 50.0 Å². The van der Waals surface area contributed by atoms with Crippen molar-refractivity contribution in [3.63, 3.8) is 0 Å². The maximum Gasteiger partial charge on any atom is 0.248 e. The highest BCUT2D eigenvalue weighted by Gasteiger charge is 2.18. The summed E-state index contributed by atoms with van der Waals surface area (Å²) in [4.78, 5) is 27.8. The standard InChI is InChI=1S/C22H23Cl2N3O3/c1-15(28)26-9-11-27(12-10-26)19-6-4-18(5-7-19)25-21(29)8-3-16-13-17(23)14-20(24)22(16)30-2/h3-8,13-14H,9-12H2,1-2H3,(H,25,29). The zero-order valence-electron chi connectivity index (χ0n) is 16.8. The summed E-state index contributed by atoms with van der Waals surface area (Å²) in [7, 11) is 1.51. The number of benzene rings is 2. The van der Waals surface area contributed by atoms with Gasteiger partial charge in [-0.15, -0.1) is 0 Å². The molecule has 1 saturated heterocycles. The molecule has 0 bridgehead atoms. The molecule has 2 amide bonds. The monoisotopic (exact) mass is 447 g/mol. The highest BCUT2D eigenvalue weighted by molar-refractivity contribution is 6.36. The van der Waals surface area contributed by atoms with Gasteiger partial charge in [0.15, 0.2) is 0 Å². The summed E-state index contributed by atoms with van der Waals surface area (Å²) in [5.74, 6) is 0.286. The largest absolute Gasteiger partial charge is 0.495 e. The van der Waals surface area contributed by atoms with Crippen LogP contribution in [0.3, 0.4) is 0 Å². The maximum absolute atomic E-state index is 12.3. The van der Waals surface area contributed by atoms with Crippen LogP contribution in [0.4, 0.5) is 11.4 Å². The summed E-state index contributed by atoms with van der Waals surface area (Å²) < 4.78 is 5.27. The fourth-order valence-corrected chi connectivity index (χ4v) is 3.89. The first kappa shape index (κ1) is 22.0. The van der Waals surface area contributed by atoms with Crippen LogP contribution in [0.15, 0.2) is 42.5 Å². The molecule has 0 radical (unpaired) electrons. The lowest BCUT2D eigenvalue weighted by Crippen LogP contribution is -2.48. The predicted molar refractivity (Wildman–Crippen MR) is 122 cm³/mol. The number of piperazine rings is 1. The first-order valence-corrected chi connectivity index (χ1v) is 10.3. The topological polar surface area (TPSA) is 61.9 Å². The van der Waals surface area contributed by atoms with Crippen LogP contribution in [0.2, 0.25) is 10.0 Å². The summed E-state index contributed by atoms with van der Waals surface area (Å²) in [6.07, 6.45) is 3.01. The van der Waals surface area contributed by atoms with E-state index in [4.69, 9.17) is 27.9 Å². The summed E-state index contributed by atoms with van der Waals surface area (Å²) in [6.45, 7) is 4.61. The second kappa shape index (κ2) is 9.87. The number of hydrogen-bond acceptors (Lipinski definition) is 4. The minimum Gasteiger partial charge on any atom is -0.495 e. The van der Waals surface area contributed by atoms with E-state index in [1.807, 2.05) is 29.2 Å². The van der Waals surface area contributed by atoms with Crippen molar-refractivity contribution >= 4 is 52.5 Å². The molecule has 30 heavy (non-hydrogen) atoms. The molecule has 0 unspecified atom stereocenters. The van der Waals surface area contributed by atoms with Crippen molar-refractivity contribution in [2.75, 3.05) is 43.5 Å². The number of rotatable bonds is 5. The first-order valence-electron chi connectivity index (χ1n) is 9.50. The van der Waals surface area contributed by atoms with Crippen LogP contribution in [-0.2, 0) is 9.59 Å². The average Bonchev–Trinajstić information content (AvgIpc) is 2.72. The third kappa shape index (κ3) is 5.46. The molecule has 0 saturated carbocycles. The number of methoxy groups -OCH3 is 1. The lowest BCUT2D eigenvalue weighted by molar-refractivity contribution is -0.129. The van der Waals surface area contributed by atoms with Crippen LogP contribution in [0.5, 0.6) is 5.75 Å². The van der Waals surface area contributed by atoms with Gasteiger partial charge in [0.2, 0.25) is 11.8 Å². The van der Waals surface area contributed by atoms with Gasteiger partial charge in [-0.05, 0) is 42.5 Å². The van der Waals surface area contributed by atoms with Crippen LogP contribution in [0.1, 0.15) is 12.5 Å². The third-order valence-corrected chi connectivity index (χ3v) is 5.38. The number of amides is 2. The molecule has 0 aliphatic carbocycles. The number of carbonyl (C=O) groups is 2. The Morgan fingerprint density at radius 3 is 2.33 bits per heavy atom. The molecule has 1 aliphatic rings. The number of ether oxygens (including phenoxy) is 1. The minimum atomic E-state index is -0.282. The van der Waals surface area contributed by atoms with Crippen LogP contribution < -0.4 is 15.0 Å². The molecular formula is C22H23Cl2N3O3. The Kier molecular flexibility index (Phi) is 7.24. The Balaban J connectivity index is 1.60. The van der Waals surface area contributed by atoms with E-state index in [0.29, 0.717) is 27.0 Å². The fourth-order valence-electron chi connectivity index (χ4n) is 3.30. The number of nitrogens with one attached hydrogen (secondary N) is 1. The van der Waals surface area contributed by atoms with Gasteiger partial charge in [0.05, 0.1) is 12.1 Å². The van der Waals surface area contributed by atoms with Crippen molar-refractivity contribution in [1.29, 1.82) is 0 Å². The second-order valence-corrected chi connectivity index (χ2v) is 7.72. The van der Waals surface area contributed by atoms with Gasteiger partial charge in [0.25, 0.3) is 0 Å². The Hall–Kier alpha value is -2.70. The predicted octanol–water partition coefficient (Wildman–Crippen LogP) is 4.32. The Morgan fingerprint density at radius 1 is 1.07 bits per heavy atom. The molecule has 3 rings (SSSR count). The van der Waals surface area contributed by atoms with E-state index < -0.39 is 0 Å². The SMILES string of the molecule is COc1c(Cl)cc(Cl)cc1C=CC(=O)Nc1ccc(N2CCN(C(C)=O)CC2)cc1. The van der Waals surface area contributed by atoms with Crippen molar-refractivity contribution in [2.24, 2.45) is 0 Å². The van der Waals surface area contributed by atoms with Gasteiger partial charge < -0.3 is 19.9 Å². The van der Waals surface area contributed by atoms with E-state index in [1.54, 1.807) is 25.1 Å². The van der Waals surface area contributed by atoms with E-state index in [2.05, 4.69) is 10.2 Å². The molecule has 158 valence electrons. The van der Waals surface area contributed by atoms with Gasteiger partial charge in [-0.1, -0.05) is 23.2 Å². The summed E-state index contributed by atoms with van der Waals surface area (Å²) in [5.41, 5.74) is 2.36. The normalized spacial score (nSPS) is 14.1.